The molecule has 0 amide bonds. The summed E-state index contributed by atoms with van der Waals surface area (Å²) in [6, 6.07) is 12.6. The topological polar surface area (TPSA) is 12.0 Å². The highest BCUT2D eigenvalue weighted by molar-refractivity contribution is 5.55. The molecule has 1 aliphatic rings. The first-order chi connectivity index (χ1) is 10.1. The number of fused-ring (bicyclic) bond motifs is 1. The summed E-state index contributed by atoms with van der Waals surface area (Å²) in [6.45, 7) is 2.17. The third-order valence-electron chi connectivity index (χ3n) is 4.22. The lowest BCUT2D eigenvalue weighted by atomic mass is 9.83. The lowest BCUT2D eigenvalue weighted by Gasteiger charge is -2.31. The first-order valence-electron chi connectivity index (χ1n) is 7.43. The van der Waals surface area contributed by atoms with E-state index in [9.17, 15) is 8.78 Å². The fourth-order valence-electron chi connectivity index (χ4n) is 3.19. The van der Waals surface area contributed by atoms with Gasteiger partial charge in [0.25, 0.3) is 0 Å². The molecule has 0 aromatic heterocycles. The lowest BCUT2D eigenvalue weighted by Crippen LogP contribution is -2.25. The van der Waals surface area contributed by atoms with Crippen molar-refractivity contribution in [2.45, 2.75) is 38.1 Å². The Morgan fingerprint density at radius 1 is 1.14 bits per heavy atom. The minimum Gasteiger partial charge on any atom is -0.382 e. The van der Waals surface area contributed by atoms with Gasteiger partial charge >= 0.3 is 0 Å². The molecule has 0 aliphatic carbocycles. The van der Waals surface area contributed by atoms with Gasteiger partial charge in [0.05, 0.1) is 0 Å². The normalized spacial score (nSPS) is 20.7. The van der Waals surface area contributed by atoms with E-state index < -0.39 is 11.6 Å². The van der Waals surface area contributed by atoms with Crippen molar-refractivity contribution >= 4 is 5.69 Å². The average molecular weight is 287 g/mol. The summed E-state index contributed by atoms with van der Waals surface area (Å²) in [5.41, 5.74) is 3.08. The van der Waals surface area contributed by atoms with Crippen LogP contribution in [0.4, 0.5) is 14.5 Å². The maximum absolute atomic E-state index is 13.7. The summed E-state index contributed by atoms with van der Waals surface area (Å²) in [7, 11) is 0. The van der Waals surface area contributed by atoms with Crippen LogP contribution in [0.3, 0.4) is 0 Å². The first-order valence-corrected chi connectivity index (χ1v) is 7.43. The molecule has 110 valence electrons. The summed E-state index contributed by atoms with van der Waals surface area (Å²) in [6.07, 6.45) is 2.56. The number of hydrogen-bond acceptors (Lipinski definition) is 1. The van der Waals surface area contributed by atoms with Crippen LogP contribution >= 0.6 is 0 Å². The molecular weight excluding hydrogens is 268 g/mol. The first kappa shape index (κ1) is 14.1. The molecule has 0 spiro atoms. The molecule has 1 heterocycles. The molecule has 0 fully saturated rings. The van der Waals surface area contributed by atoms with Crippen LogP contribution in [0.15, 0.2) is 42.5 Å². The molecule has 0 bridgehead atoms. The van der Waals surface area contributed by atoms with Crippen molar-refractivity contribution in [2.75, 3.05) is 5.32 Å². The number of rotatable bonds is 3. The molecule has 0 saturated heterocycles. The Kier molecular flexibility index (Phi) is 3.91. The molecule has 1 aliphatic heterocycles. The molecule has 3 heteroatoms. The Morgan fingerprint density at radius 2 is 1.95 bits per heavy atom. The Morgan fingerprint density at radius 3 is 2.76 bits per heavy atom. The molecule has 0 radical (unpaired) electrons. The zero-order chi connectivity index (χ0) is 14.8. The zero-order valence-electron chi connectivity index (χ0n) is 12.1. The molecule has 1 nitrogen and oxygen atoms in total. The van der Waals surface area contributed by atoms with Gasteiger partial charge < -0.3 is 5.32 Å². The van der Waals surface area contributed by atoms with Crippen molar-refractivity contribution in [1.29, 1.82) is 0 Å². The van der Waals surface area contributed by atoms with Gasteiger partial charge in [-0.2, -0.15) is 0 Å². The van der Waals surface area contributed by atoms with Gasteiger partial charge in [0.2, 0.25) is 0 Å². The highest BCUT2D eigenvalue weighted by Crippen LogP contribution is 2.36. The highest BCUT2D eigenvalue weighted by atomic mass is 19.1. The second-order valence-corrected chi connectivity index (χ2v) is 5.84. The Labute approximate surface area is 124 Å². The van der Waals surface area contributed by atoms with Crippen molar-refractivity contribution in [3.05, 3.63) is 65.2 Å². The largest absolute Gasteiger partial charge is 0.382 e. The van der Waals surface area contributed by atoms with E-state index in [1.54, 1.807) is 6.07 Å². The molecule has 2 aromatic rings. The fraction of sp³-hybridized carbons (Fsp3) is 0.333. The van der Waals surface area contributed by atoms with Crippen LogP contribution in [-0.2, 0) is 6.42 Å². The number of aryl methyl sites for hydroxylation is 1. The minimum absolute atomic E-state index is 0.418. The second kappa shape index (κ2) is 5.84. The molecule has 2 atom stereocenters. The summed E-state index contributed by atoms with van der Waals surface area (Å²) in [5.74, 6) is -0.538. The van der Waals surface area contributed by atoms with Crippen LogP contribution < -0.4 is 5.32 Å². The summed E-state index contributed by atoms with van der Waals surface area (Å²) >= 11 is 0. The fourth-order valence-corrected chi connectivity index (χ4v) is 3.19. The maximum atomic E-state index is 13.7. The van der Waals surface area contributed by atoms with Gasteiger partial charge in [0.1, 0.15) is 11.6 Å². The molecule has 0 saturated carbocycles. The SMILES string of the molecule is CC1CC(CCc2ccc(F)cc2F)c2ccccc2N1. The number of nitrogens with one attached hydrogen (secondary N) is 1. The molecule has 3 rings (SSSR count). The van der Waals surface area contributed by atoms with Gasteiger partial charge in [0.15, 0.2) is 0 Å². The smallest absolute Gasteiger partial charge is 0.129 e. The van der Waals surface area contributed by atoms with Crippen molar-refractivity contribution in [1.82, 2.24) is 0 Å². The summed E-state index contributed by atoms with van der Waals surface area (Å²) < 4.78 is 26.7. The van der Waals surface area contributed by atoms with Gasteiger partial charge in [0, 0.05) is 17.8 Å². The summed E-state index contributed by atoms with van der Waals surface area (Å²) in [4.78, 5) is 0. The van der Waals surface area contributed by atoms with E-state index in [1.807, 2.05) is 12.1 Å². The van der Waals surface area contributed by atoms with Crippen LogP contribution in [-0.4, -0.2) is 6.04 Å². The van der Waals surface area contributed by atoms with Crippen LogP contribution in [0.25, 0.3) is 0 Å². The van der Waals surface area contributed by atoms with Gasteiger partial charge in [-0.1, -0.05) is 24.3 Å². The molecule has 21 heavy (non-hydrogen) atoms. The predicted molar refractivity (Wildman–Crippen MR) is 81.6 cm³/mol. The van der Waals surface area contributed by atoms with E-state index >= 15 is 0 Å². The zero-order valence-corrected chi connectivity index (χ0v) is 12.1. The maximum Gasteiger partial charge on any atom is 0.129 e. The monoisotopic (exact) mass is 287 g/mol. The Hall–Kier alpha value is -1.90. The molecule has 1 N–H and O–H groups in total. The molecular formula is C18H19F2N. The van der Waals surface area contributed by atoms with Crippen molar-refractivity contribution in [2.24, 2.45) is 0 Å². The Balaban J connectivity index is 1.76. The van der Waals surface area contributed by atoms with E-state index in [1.165, 1.54) is 17.3 Å². The van der Waals surface area contributed by atoms with Crippen molar-refractivity contribution in [3.8, 4) is 0 Å². The van der Waals surface area contributed by atoms with Gasteiger partial charge in [-0.15, -0.1) is 0 Å². The molecule has 2 unspecified atom stereocenters. The van der Waals surface area contributed by atoms with E-state index in [-0.39, 0.29) is 0 Å². The van der Waals surface area contributed by atoms with Crippen molar-refractivity contribution < 1.29 is 8.78 Å². The van der Waals surface area contributed by atoms with Crippen LogP contribution in [0.1, 0.15) is 36.8 Å². The van der Waals surface area contributed by atoms with Gasteiger partial charge in [-0.3, -0.25) is 0 Å². The Bertz CT molecular complexity index is 639. The average Bonchev–Trinajstić information content (AvgIpc) is 2.46. The van der Waals surface area contributed by atoms with Crippen molar-refractivity contribution in [3.63, 3.8) is 0 Å². The number of hydrogen-bond donors (Lipinski definition) is 1. The molecule has 2 aromatic carbocycles. The number of anilines is 1. The van der Waals surface area contributed by atoms with Gasteiger partial charge in [-0.25, -0.2) is 8.78 Å². The van der Waals surface area contributed by atoms with E-state index in [2.05, 4.69) is 24.4 Å². The van der Waals surface area contributed by atoms with E-state index in [0.717, 1.165) is 18.9 Å². The van der Waals surface area contributed by atoms with Crippen LogP contribution in [0.5, 0.6) is 0 Å². The third kappa shape index (κ3) is 3.07. The number of halogens is 2. The third-order valence-corrected chi connectivity index (χ3v) is 4.22. The number of benzene rings is 2. The second-order valence-electron chi connectivity index (χ2n) is 5.84. The van der Waals surface area contributed by atoms with Gasteiger partial charge in [-0.05, 0) is 55.4 Å². The predicted octanol–water partition coefficient (Wildman–Crippen LogP) is 4.89. The van der Waals surface area contributed by atoms with E-state index in [0.29, 0.717) is 23.9 Å². The highest BCUT2D eigenvalue weighted by Gasteiger charge is 2.23. The quantitative estimate of drug-likeness (QED) is 0.848. The standard InChI is InChI=1S/C18H19F2N/c1-12-10-14(16-4-2-3-5-18(16)21-12)7-6-13-8-9-15(19)11-17(13)20/h2-5,8-9,11-12,14,21H,6-7,10H2,1H3. The van der Waals surface area contributed by atoms with Crippen LogP contribution in [0.2, 0.25) is 0 Å². The summed E-state index contributed by atoms with van der Waals surface area (Å²) in [5, 5.41) is 3.48. The van der Waals surface area contributed by atoms with Crippen LogP contribution in [0, 0.1) is 11.6 Å². The lowest BCUT2D eigenvalue weighted by molar-refractivity contribution is 0.511. The van der Waals surface area contributed by atoms with E-state index in [4.69, 9.17) is 0 Å². The minimum atomic E-state index is -0.517. The number of para-hydroxylation sites is 1.